The van der Waals surface area contributed by atoms with Crippen molar-refractivity contribution in [3.05, 3.63) is 41.2 Å². The third-order valence-electron chi connectivity index (χ3n) is 3.64. The smallest absolute Gasteiger partial charge is 0.265 e. The molecule has 1 aromatic carbocycles. The first-order chi connectivity index (χ1) is 11.8. The van der Waals surface area contributed by atoms with Crippen LogP contribution < -0.4 is 4.90 Å². The minimum absolute atomic E-state index is 0.00413. The second kappa shape index (κ2) is 7.26. The summed E-state index contributed by atoms with van der Waals surface area (Å²) in [6.07, 6.45) is 0.803. The van der Waals surface area contributed by atoms with Gasteiger partial charge in [-0.1, -0.05) is 0 Å². The molecule has 1 fully saturated rings. The molecule has 1 aliphatic rings. The van der Waals surface area contributed by atoms with Crippen LogP contribution >= 0.6 is 11.8 Å². The van der Waals surface area contributed by atoms with Crippen LogP contribution in [-0.2, 0) is 14.3 Å². The highest BCUT2D eigenvalue weighted by molar-refractivity contribution is 7.99. The van der Waals surface area contributed by atoms with Crippen LogP contribution in [0.5, 0.6) is 0 Å². The summed E-state index contributed by atoms with van der Waals surface area (Å²) in [5.74, 6) is 0.0404. The maximum Gasteiger partial charge on any atom is 0.265 e. The van der Waals surface area contributed by atoms with Crippen LogP contribution in [0, 0.1) is 11.6 Å². The van der Waals surface area contributed by atoms with E-state index in [1.807, 2.05) is 0 Å². The van der Waals surface area contributed by atoms with Gasteiger partial charge in [0, 0.05) is 24.6 Å². The van der Waals surface area contributed by atoms with E-state index >= 15 is 0 Å². The van der Waals surface area contributed by atoms with Crippen molar-refractivity contribution in [1.29, 1.82) is 0 Å². The Balaban J connectivity index is 2.00. The van der Waals surface area contributed by atoms with E-state index in [-0.39, 0.29) is 16.9 Å². The van der Waals surface area contributed by atoms with Crippen LogP contribution in [0.1, 0.15) is 17.4 Å². The Labute approximate surface area is 147 Å². The quantitative estimate of drug-likeness (QED) is 0.778. The largest absolute Gasteiger partial charge is 0.365 e. The molecule has 2 aromatic rings. The molecular formula is C14H16F2N4O3S2. The molecule has 1 aromatic heterocycles. The predicted molar refractivity (Wildman–Crippen MR) is 90.1 cm³/mol. The van der Waals surface area contributed by atoms with E-state index in [4.69, 9.17) is 4.18 Å². The molecule has 0 spiro atoms. The number of benzene rings is 1. The second-order valence-electron chi connectivity index (χ2n) is 5.51. The summed E-state index contributed by atoms with van der Waals surface area (Å²) >= 11 is 1.73. The highest BCUT2D eigenvalue weighted by atomic mass is 32.2. The summed E-state index contributed by atoms with van der Waals surface area (Å²) in [7, 11) is -3.89. The molecule has 0 radical (unpaired) electrons. The summed E-state index contributed by atoms with van der Waals surface area (Å²) in [4.78, 5) is 1.65. The lowest BCUT2D eigenvalue weighted by molar-refractivity contribution is 0.250. The first-order valence-corrected chi connectivity index (χ1v) is 10.4. The van der Waals surface area contributed by atoms with Crippen LogP contribution in [0.4, 0.5) is 14.5 Å². The maximum absolute atomic E-state index is 14.6. The molecular weight excluding hydrogens is 374 g/mol. The van der Waals surface area contributed by atoms with Gasteiger partial charge in [-0.15, -0.1) is 0 Å². The van der Waals surface area contributed by atoms with Crippen molar-refractivity contribution >= 4 is 27.6 Å². The first kappa shape index (κ1) is 18.1. The normalized spacial score (nSPS) is 16.8. The summed E-state index contributed by atoms with van der Waals surface area (Å²) in [6.45, 7) is 1.09. The Bertz CT molecular complexity index is 817. The maximum atomic E-state index is 14.6. The lowest BCUT2D eigenvalue weighted by Gasteiger charge is -2.29. The summed E-state index contributed by atoms with van der Waals surface area (Å²) in [5.41, 5.74) is -0.00175. The van der Waals surface area contributed by atoms with Crippen molar-refractivity contribution in [3.8, 4) is 0 Å². The second-order valence-corrected chi connectivity index (χ2v) is 8.33. The van der Waals surface area contributed by atoms with Crippen LogP contribution in [0.2, 0.25) is 0 Å². The number of hydrogen-bond acceptors (Lipinski definition) is 7. The number of halogens is 2. The third kappa shape index (κ3) is 4.28. The summed E-state index contributed by atoms with van der Waals surface area (Å²) in [6, 6.07) is 2.15. The van der Waals surface area contributed by atoms with E-state index in [1.54, 1.807) is 16.7 Å². The molecule has 0 saturated carbocycles. The highest BCUT2D eigenvalue weighted by Gasteiger charge is 2.27. The molecule has 1 aliphatic heterocycles. The zero-order valence-electron chi connectivity index (χ0n) is 13.3. The van der Waals surface area contributed by atoms with Crippen molar-refractivity contribution in [1.82, 2.24) is 15.4 Å². The molecule has 2 heterocycles. The molecule has 1 N–H and O–H groups in total. The molecule has 0 amide bonds. The van der Waals surface area contributed by atoms with Gasteiger partial charge in [-0.05, 0) is 17.7 Å². The highest BCUT2D eigenvalue weighted by Crippen LogP contribution is 2.32. The SMILES string of the molecule is CS(=O)(=O)OC(c1cc(F)c(N2CCSCC2)c(F)c1)c1cn[nH]n1. The molecule has 136 valence electrons. The lowest BCUT2D eigenvalue weighted by atomic mass is 10.1. The molecule has 1 atom stereocenters. The fourth-order valence-corrected chi connectivity index (χ4v) is 4.08. The van der Waals surface area contributed by atoms with Crippen LogP contribution in [-0.4, -0.2) is 54.7 Å². The first-order valence-electron chi connectivity index (χ1n) is 7.41. The predicted octanol–water partition coefficient (Wildman–Crippen LogP) is 1.70. The molecule has 11 heteroatoms. The fourth-order valence-electron chi connectivity index (χ4n) is 2.61. The number of thioether (sulfide) groups is 1. The van der Waals surface area contributed by atoms with E-state index in [0.717, 1.165) is 29.9 Å². The fraction of sp³-hybridized carbons (Fsp3) is 0.429. The summed E-state index contributed by atoms with van der Waals surface area (Å²) in [5, 5.41) is 9.68. The van der Waals surface area contributed by atoms with Gasteiger partial charge >= 0.3 is 0 Å². The molecule has 1 saturated heterocycles. The van der Waals surface area contributed by atoms with Crippen molar-refractivity contribution in [2.75, 3.05) is 35.8 Å². The van der Waals surface area contributed by atoms with Crippen LogP contribution in [0.15, 0.2) is 18.3 Å². The third-order valence-corrected chi connectivity index (χ3v) is 5.13. The number of aromatic amines is 1. The van der Waals surface area contributed by atoms with Crippen LogP contribution in [0.3, 0.4) is 0 Å². The number of rotatable bonds is 5. The average Bonchev–Trinajstić information content (AvgIpc) is 3.06. The Morgan fingerprint density at radius 1 is 1.28 bits per heavy atom. The Morgan fingerprint density at radius 3 is 2.44 bits per heavy atom. The number of nitrogens with zero attached hydrogens (tertiary/aromatic N) is 3. The summed E-state index contributed by atoms with van der Waals surface area (Å²) < 4.78 is 57.2. The van der Waals surface area contributed by atoms with E-state index in [9.17, 15) is 17.2 Å². The van der Waals surface area contributed by atoms with Crippen molar-refractivity contribution < 1.29 is 21.4 Å². The van der Waals surface area contributed by atoms with Gasteiger partial charge < -0.3 is 4.90 Å². The average molecular weight is 390 g/mol. The monoisotopic (exact) mass is 390 g/mol. The van der Waals surface area contributed by atoms with Crippen LogP contribution in [0.25, 0.3) is 0 Å². The zero-order chi connectivity index (χ0) is 18.0. The molecule has 0 bridgehead atoms. The van der Waals surface area contributed by atoms with E-state index < -0.39 is 27.9 Å². The van der Waals surface area contributed by atoms with Gasteiger partial charge in [0.15, 0.2) is 0 Å². The number of aromatic nitrogens is 3. The Morgan fingerprint density at radius 2 is 1.92 bits per heavy atom. The number of nitrogens with one attached hydrogen (secondary N) is 1. The number of anilines is 1. The zero-order valence-corrected chi connectivity index (χ0v) is 14.9. The molecule has 3 rings (SSSR count). The Kier molecular flexibility index (Phi) is 5.25. The number of H-pyrrole nitrogens is 1. The topological polar surface area (TPSA) is 88.2 Å². The minimum atomic E-state index is -3.89. The van der Waals surface area contributed by atoms with Crippen molar-refractivity contribution in [2.45, 2.75) is 6.10 Å². The van der Waals surface area contributed by atoms with E-state index in [2.05, 4.69) is 15.4 Å². The van der Waals surface area contributed by atoms with Gasteiger partial charge in [0.25, 0.3) is 10.1 Å². The van der Waals surface area contributed by atoms with Gasteiger partial charge in [-0.25, -0.2) is 8.78 Å². The lowest BCUT2D eigenvalue weighted by Crippen LogP contribution is -2.34. The van der Waals surface area contributed by atoms with E-state index in [0.29, 0.717) is 13.1 Å². The van der Waals surface area contributed by atoms with Gasteiger partial charge in [-0.2, -0.15) is 35.6 Å². The van der Waals surface area contributed by atoms with E-state index in [1.165, 1.54) is 6.20 Å². The molecule has 25 heavy (non-hydrogen) atoms. The molecule has 1 unspecified atom stereocenters. The van der Waals surface area contributed by atoms with Crippen molar-refractivity contribution in [3.63, 3.8) is 0 Å². The van der Waals surface area contributed by atoms with Gasteiger partial charge in [0.1, 0.15) is 29.1 Å². The van der Waals surface area contributed by atoms with Gasteiger partial charge in [0.05, 0.1) is 12.5 Å². The molecule has 0 aliphatic carbocycles. The van der Waals surface area contributed by atoms with Gasteiger partial charge in [-0.3, -0.25) is 4.18 Å². The Hall–Kier alpha value is -1.72. The minimum Gasteiger partial charge on any atom is -0.365 e. The number of hydrogen-bond donors (Lipinski definition) is 1. The van der Waals surface area contributed by atoms with Gasteiger partial charge in [0.2, 0.25) is 0 Å². The van der Waals surface area contributed by atoms with Crippen molar-refractivity contribution in [2.24, 2.45) is 0 Å². The molecule has 7 nitrogen and oxygen atoms in total. The standard InChI is InChI=1S/C14H16F2N4O3S2/c1-25(21,22)23-14(12-8-17-19-18-12)9-6-10(15)13(11(16)7-9)20-2-4-24-5-3-20/h6-8,14H,2-5H2,1H3,(H,17,18,19).